The number of carbonyl (C=O) groups is 1. The Hall–Kier alpha value is -2.18. The molecule has 0 amide bonds. The van der Waals surface area contributed by atoms with E-state index in [9.17, 15) is 9.90 Å². The molecule has 3 N–H and O–H groups in total. The molecular weight excluding hydrogens is 434 g/mol. The Morgan fingerprint density at radius 2 is 2.03 bits per heavy atom. The van der Waals surface area contributed by atoms with Crippen LogP contribution in [0.1, 0.15) is 46.3 Å². The molecule has 1 aliphatic carbocycles. The second kappa shape index (κ2) is 10.4. The number of fused-ring (bicyclic) bond motifs is 1. The highest BCUT2D eigenvalue weighted by Gasteiger charge is 2.36. The summed E-state index contributed by atoms with van der Waals surface area (Å²) in [7, 11) is 2.23. The summed E-state index contributed by atoms with van der Waals surface area (Å²) in [6.45, 7) is 5.91. The van der Waals surface area contributed by atoms with Crippen molar-refractivity contribution < 1.29 is 9.90 Å². The van der Waals surface area contributed by atoms with Gasteiger partial charge in [0.05, 0.1) is 5.56 Å². The number of aromatic carboxylic acids is 1. The molecule has 2 aromatic rings. The van der Waals surface area contributed by atoms with Gasteiger partial charge in [0.1, 0.15) is 0 Å². The molecule has 1 saturated heterocycles. The molecule has 0 spiro atoms. The van der Waals surface area contributed by atoms with E-state index in [1.54, 1.807) is 12.1 Å². The maximum Gasteiger partial charge on any atom is 0.335 e. The number of benzene rings is 2. The summed E-state index contributed by atoms with van der Waals surface area (Å²) in [6.07, 6.45) is 8.25. The number of carboxylic acids is 1. The average molecular weight is 468 g/mol. The standard InChI is InChI=1S/C27H34ClN3O2/c1-3-24-15-25(30-29-24)17-31(2)18-27(12-10-19-4-6-20(7-5-19)26(32)33)13-11-21-14-23(28)9-8-22(21)16-27/h3-9,14,24-25,29-30H,1,10-13,15-18H2,2H3,(H,32,33). The van der Waals surface area contributed by atoms with Crippen LogP contribution in [-0.4, -0.2) is 48.2 Å². The lowest BCUT2D eigenvalue weighted by Crippen LogP contribution is -2.45. The van der Waals surface area contributed by atoms with E-state index in [0.29, 0.717) is 17.6 Å². The highest BCUT2D eigenvalue weighted by atomic mass is 35.5. The van der Waals surface area contributed by atoms with Gasteiger partial charge in [0.25, 0.3) is 0 Å². The summed E-state index contributed by atoms with van der Waals surface area (Å²) in [5.74, 6) is -0.879. The number of hydrogen-bond acceptors (Lipinski definition) is 4. The van der Waals surface area contributed by atoms with Gasteiger partial charge in [-0.2, -0.15) is 0 Å². The first kappa shape index (κ1) is 24.0. The second-order valence-electron chi connectivity index (χ2n) is 9.85. The molecule has 2 aromatic carbocycles. The van der Waals surface area contributed by atoms with Crippen LogP contribution in [0.4, 0.5) is 0 Å². The number of nitrogens with zero attached hydrogens (tertiary/aromatic N) is 1. The Labute approximate surface area is 201 Å². The molecule has 0 aromatic heterocycles. The molecule has 33 heavy (non-hydrogen) atoms. The van der Waals surface area contributed by atoms with Crippen molar-refractivity contribution in [1.29, 1.82) is 0 Å². The topological polar surface area (TPSA) is 64.6 Å². The van der Waals surface area contributed by atoms with Crippen LogP contribution in [0.3, 0.4) is 0 Å². The minimum Gasteiger partial charge on any atom is -0.478 e. The number of hydrogen-bond donors (Lipinski definition) is 3. The number of hydrazine groups is 1. The first-order chi connectivity index (χ1) is 15.9. The van der Waals surface area contributed by atoms with Crippen LogP contribution in [0.2, 0.25) is 5.02 Å². The van der Waals surface area contributed by atoms with Gasteiger partial charge in [0, 0.05) is 30.2 Å². The second-order valence-corrected chi connectivity index (χ2v) is 10.3. The predicted molar refractivity (Wildman–Crippen MR) is 134 cm³/mol. The van der Waals surface area contributed by atoms with Crippen molar-refractivity contribution in [2.45, 2.75) is 50.6 Å². The van der Waals surface area contributed by atoms with Crippen LogP contribution in [-0.2, 0) is 19.3 Å². The van der Waals surface area contributed by atoms with Gasteiger partial charge in [0.2, 0.25) is 0 Å². The number of rotatable bonds is 9. The molecule has 6 heteroatoms. The van der Waals surface area contributed by atoms with E-state index >= 15 is 0 Å². The summed E-state index contributed by atoms with van der Waals surface area (Å²) in [6, 6.07) is 14.4. The van der Waals surface area contributed by atoms with E-state index in [0.717, 1.165) is 56.6 Å². The van der Waals surface area contributed by atoms with E-state index in [1.807, 2.05) is 24.3 Å². The number of nitrogens with one attached hydrogen (secondary N) is 2. The van der Waals surface area contributed by atoms with Crippen LogP contribution >= 0.6 is 11.6 Å². The number of carboxylic acid groups (broad SMARTS) is 1. The minimum absolute atomic E-state index is 0.172. The van der Waals surface area contributed by atoms with Crippen molar-refractivity contribution in [2.75, 3.05) is 20.1 Å². The normalized spacial score (nSPS) is 24.6. The fraction of sp³-hybridized carbons (Fsp3) is 0.444. The molecular formula is C27H34ClN3O2. The van der Waals surface area contributed by atoms with Crippen molar-refractivity contribution >= 4 is 17.6 Å². The summed E-state index contributed by atoms with van der Waals surface area (Å²) < 4.78 is 0. The average Bonchev–Trinajstić information content (AvgIpc) is 3.25. The molecule has 1 fully saturated rings. The van der Waals surface area contributed by atoms with Crippen molar-refractivity contribution in [3.8, 4) is 0 Å². The fourth-order valence-electron chi connectivity index (χ4n) is 5.48. The molecule has 0 bridgehead atoms. The fourth-order valence-corrected chi connectivity index (χ4v) is 5.68. The number of aryl methyl sites for hydroxylation is 2. The molecule has 176 valence electrons. The molecule has 1 aliphatic heterocycles. The van der Waals surface area contributed by atoms with Crippen LogP contribution in [0, 0.1) is 5.41 Å². The van der Waals surface area contributed by atoms with E-state index < -0.39 is 5.97 Å². The van der Waals surface area contributed by atoms with Crippen LogP contribution < -0.4 is 10.9 Å². The van der Waals surface area contributed by atoms with E-state index in [4.69, 9.17) is 11.6 Å². The van der Waals surface area contributed by atoms with Crippen LogP contribution in [0.15, 0.2) is 55.1 Å². The molecule has 4 rings (SSSR count). The van der Waals surface area contributed by atoms with E-state index in [2.05, 4.69) is 41.5 Å². The SMILES string of the molecule is C=CC1CC(CN(C)CC2(CCc3ccc(C(=O)O)cc3)CCc3cc(Cl)ccc3C2)NN1. The van der Waals surface area contributed by atoms with Crippen LogP contribution in [0.25, 0.3) is 0 Å². The Morgan fingerprint density at radius 3 is 2.73 bits per heavy atom. The molecule has 3 unspecified atom stereocenters. The van der Waals surface area contributed by atoms with Gasteiger partial charge in [-0.05, 0) is 91.9 Å². The zero-order valence-electron chi connectivity index (χ0n) is 19.3. The smallest absolute Gasteiger partial charge is 0.335 e. The zero-order chi connectivity index (χ0) is 23.4. The molecule has 2 aliphatic rings. The maximum absolute atomic E-state index is 11.2. The Balaban J connectivity index is 1.47. The molecule has 5 nitrogen and oxygen atoms in total. The van der Waals surface area contributed by atoms with Crippen molar-refractivity contribution in [3.05, 3.63) is 82.4 Å². The minimum atomic E-state index is -0.879. The predicted octanol–water partition coefficient (Wildman–Crippen LogP) is 4.50. The van der Waals surface area contributed by atoms with Crippen molar-refractivity contribution in [1.82, 2.24) is 15.8 Å². The first-order valence-electron chi connectivity index (χ1n) is 11.8. The van der Waals surface area contributed by atoms with Crippen LogP contribution in [0.5, 0.6) is 0 Å². The third-order valence-electron chi connectivity index (χ3n) is 7.24. The third-order valence-corrected chi connectivity index (χ3v) is 7.47. The van der Waals surface area contributed by atoms with Gasteiger partial charge >= 0.3 is 5.97 Å². The van der Waals surface area contributed by atoms with Gasteiger partial charge < -0.3 is 10.0 Å². The third kappa shape index (κ3) is 6.04. The summed E-state index contributed by atoms with van der Waals surface area (Å²) >= 11 is 6.26. The molecule has 3 atom stereocenters. The Kier molecular flexibility index (Phi) is 7.55. The quantitative estimate of drug-likeness (QED) is 0.474. The highest BCUT2D eigenvalue weighted by molar-refractivity contribution is 6.30. The lowest BCUT2D eigenvalue weighted by atomic mass is 9.68. The summed E-state index contributed by atoms with van der Waals surface area (Å²) in [5.41, 5.74) is 11.2. The molecule has 1 heterocycles. The molecule has 0 saturated carbocycles. The van der Waals surface area contributed by atoms with Crippen molar-refractivity contribution in [2.24, 2.45) is 5.41 Å². The summed E-state index contributed by atoms with van der Waals surface area (Å²) in [5, 5.41) is 9.99. The lowest BCUT2D eigenvalue weighted by Gasteiger charge is -2.42. The lowest BCUT2D eigenvalue weighted by molar-refractivity contribution is 0.0697. The summed E-state index contributed by atoms with van der Waals surface area (Å²) in [4.78, 5) is 13.7. The highest BCUT2D eigenvalue weighted by Crippen LogP contribution is 2.41. The Morgan fingerprint density at radius 1 is 1.24 bits per heavy atom. The van der Waals surface area contributed by atoms with Crippen molar-refractivity contribution in [3.63, 3.8) is 0 Å². The van der Waals surface area contributed by atoms with Gasteiger partial charge in [-0.15, -0.1) is 6.58 Å². The van der Waals surface area contributed by atoms with E-state index in [1.165, 1.54) is 16.7 Å². The van der Waals surface area contributed by atoms with Gasteiger partial charge in [-0.3, -0.25) is 10.9 Å². The maximum atomic E-state index is 11.2. The van der Waals surface area contributed by atoms with Gasteiger partial charge in [0.15, 0.2) is 0 Å². The van der Waals surface area contributed by atoms with Gasteiger partial charge in [-0.1, -0.05) is 35.9 Å². The monoisotopic (exact) mass is 467 g/mol. The molecule has 0 radical (unpaired) electrons. The van der Waals surface area contributed by atoms with E-state index in [-0.39, 0.29) is 5.41 Å². The zero-order valence-corrected chi connectivity index (χ0v) is 20.1. The Bertz CT molecular complexity index is 993. The van der Waals surface area contributed by atoms with Gasteiger partial charge in [-0.25, -0.2) is 4.79 Å². The largest absolute Gasteiger partial charge is 0.478 e. The number of halogens is 1. The number of likely N-dealkylation sites (N-methyl/N-ethyl adjacent to an activating group) is 1. The first-order valence-corrected chi connectivity index (χ1v) is 12.2.